The van der Waals surface area contributed by atoms with Gasteiger partial charge in [-0.2, -0.15) is 11.8 Å². The lowest BCUT2D eigenvalue weighted by Crippen LogP contribution is -2.51. The molecule has 0 aliphatic heterocycles. The smallest absolute Gasteiger partial charge is 0.242 e. The zero-order valence-electron chi connectivity index (χ0n) is 8.93. The fourth-order valence-electron chi connectivity index (χ4n) is 1.33. The van der Waals surface area contributed by atoms with Crippen LogP contribution in [0.4, 0.5) is 0 Å². The molecule has 0 saturated carbocycles. The normalized spacial score (nSPS) is 14.4. The number of benzene rings is 1. The zero-order valence-corrected chi connectivity index (χ0v) is 9.74. The Hall–Kier alpha value is -1.04. The van der Waals surface area contributed by atoms with Crippen molar-refractivity contribution in [3.8, 4) is 0 Å². The van der Waals surface area contributed by atoms with Gasteiger partial charge in [-0.3, -0.25) is 4.79 Å². The summed E-state index contributed by atoms with van der Waals surface area (Å²) in [5.41, 5.74) is 10.9. The van der Waals surface area contributed by atoms with E-state index in [0.29, 0.717) is 17.1 Å². The summed E-state index contributed by atoms with van der Waals surface area (Å²) in [6.07, 6.45) is 0. The van der Waals surface area contributed by atoms with Crippen LogP contribution in [-0.2, 0) is 10.3 Å². The number of primary amides is 1. The highest BCUT2D eigenvalue weighted by molar-refractivity contribution is 7.99. The summed E-state index contributed by atoms with van der Waals surface area (Å²) in [7, 11) is 0. The molecule has 0 aliphatic carbocycles. The van der Waals surface area contributed by atoms with Gasteiger partial charge in [0.05, 0.1) is 6.61 Å². The molecule has 1 unspecified atom stereocenters. The van der Waals surface area contributed by atoms with Crippen LogP contribution in [0.3, 0.4) is 0 Å². The molecule has 1 amide bonds. The Morgan fingerprint density at radius 2 is 2.00 bits per heavy atom. The number of carbonyl (C=O) groups is 1. The molecule has 0 radical (unpaired) electrons. The molecule has 0 bridgehead atoms. The van der Waals surface area contributed by atoms with Crippen LogP contribution in [0.2, 0.25) is 0 Å². The second-order valence-electron chi connectivity index (χ2n) is 3.48. The second kappa shape index (κ2) is 5.89. The third kappa shape index (κ3) is 2.98. The highest BCUT2D eigenvalue weighted by Crippen LogP contribution is 2.22. The zero-order chi connectivity index (χ0) is 12.0. The molecule has 4 nitrogen and oxygen atoms in total. The van der Waals surface area contributed by atoms with Crippen LogP contribution in [-0.4, -0.2) is 29.1 Å². The maximum atomic E-state index is 11.4. The van der Waals surface area contributed by atoms with E-state index >= 15 is 0 Å². The van der Waals surface area contributed by atoms with Crippen molar-refractivity contribution < 1.29 is 9.90 Å². The molecule has 0 aromatic heterocycles. The number of hydrogen-bond donors (Lipinski definition) is 3. The Morgan fingerprint density at radius 3 is 2.50 bits per heavy atom. The Kier molecular flexibility index (Phi) is 4.79. The van der Waals surface area contributed by atoms with Gasteiger partial charge in [0.25, 0.3) is 0 Å². The van der Waals surface area contributed by atoms with Crippen molar-refractivity contribution in [3.05, 3.63) is 35.9 Å². The first kappa shape index (κ1) is 13.0. The van der Waals surface area contributed by atoms with Crippen molar-refractivity contribution in [1.82, 2.24) is 0 Å². The molecule has 0 heterocycles. The fourth-order valence-corrected chi connectivity index (χ4v) is 2.23. The van der Waals surface area contributed by atoms with Crippen molar-refractivity contribution in [3.63, 3.8) is 0 Å². The quantitative estimate of drug-likeness (QED) is 0.613. The summed E-state index contributed by atoms with van der Waals surface area (Å²) in [5.74, 6) is 0.357. The van der Waals surface area contributed by atoms with Crippen LogP contribution in [0.1, 0.15) is 5.56 Å². The van der Waals surface area contributed by atoms with Gasteiger partial charge in [0.15, 0.2) is 0 Å². The topological polar surface area (TPSA) is 89.3 Å². The lowest BCUT2D eigenvalue weighted by Gasteiger charge is -2.25. The second-order valence-corrected chi connectivity index (χ2v) is 4.58. The van der Waals surface area contributed by atoms with E-state index in [0.717, 1.165) is 0 Å². The Balaban J connectivity index is 2.85. The molecule has 0 fully saturated rings. The number of amides is 1. The first-order valence-electron chi connectivity index (χ1n) is 4.94. The lowest BCUT2D eigenvalue weighted by atomic mass is 9.92. The first-order valence-corrected chi connectivity index (χ1v) is 6.09. The Bertz CT molecular complexity index is 345. The number of aliphatic hydroxyl groups excluding tert-OH is 1. The average Bonchev–Trinajstić information content (AvgIpc) is 2.30. The van der Waals surface area contributed by atoms with Crippen molar-refractivity contribution >= 4 is 17.7 Å². The summed E-state index contributed by atoms with van der Waals surface area (Å²) >= 11 is 1.41. The maximum absolute atomic E-state index is 11.4. The number of nitrogens with two attached hydrogens (primary N) is 2. The van der Waals surface area contributed by atoms with Gasteiger partial charge < -0.3 is 16.6 Å². The van der Waals surface area contributed by atoms with Crippen molar-refractivity contribution in [2.45, 2.75) is 5.54 Å². The first-order chi connectivity index (χ1) is 7.61. The van der Waals surface area contributed by atoms with Crippen LogP contribution in [0, 0.1) is 0 Å². The molecule has 5 heteroatoms. The van der Waals surface area contributed by atoms with Crippen LogP contribution in [0.15, 0.2) is 30.3 Å². The van der Waals surface area contributed by atoms with E-state index in [9.17, 15) is 4.79 Å². The van der Waals surface area contributed by atoms with E-state index in [2.05, 4.69) is 0 Å². The van der Waals surface area contributed by atoms with E-state index in [1.54, 1.807) is 12.1 Å². The minimum atomic E-state index is -1.17. The Morgan fingerprint density at radius 1 is 1.38 bits per heavy atom. The largest absolute Gasteiger partial charge is 0.396 e. The molecule has 16 heavy (non-hydrogen) atoms. The third-order valence-electron chi connectivity index (χ3n) is 2.29. The number of hydrogen-bond acceptors (Lipinski definition) is 4. The molecular formula is C11H16N2O2S. The maximum Gasteiger partial charge on any atom is 0.242 e. The highest BCUT2D eigenvalue weighted by atomic mass is 32.2. The predicted molar refractivity (Wildman–Crippen MR) is 65.9 cm³/mol. The molecule has 0 spiro atoms. The molecule has 1 aromatic carbocycles. The van der Waals surface area contributed by atoms with E-state index in [1.807, 2.05) is 18.2 Å². The summed E-state index contributed by atoms with van der Waals surface area (Å²) in [6.45, 7) is 0.0638. The number of rotatable bonds is 6. The minimum Gasteiger partial charge on any atom is -0.396 e. The average molecular weight is 240 g/mol. The fraction of sp³-hybridized carbons (Fsp3) is 0.364. The number of carbonyl (C=O) groups excluding carboxylic acids is 1. The number of aliphatic hydroxyl groups is 1. The monoisotopic (exact) mass is 240 g/mol. The molecule has 0 aliphatic rings. The van der Waals surface area contributed by atoms with Crippen molar-refractivity contribution in [2.24, 2.45) is 11.5 Å². The van der Waals surface area contributed by atoms with E-state index in [1.165, 1.54) is 11.8 Å². The van der Waals surface area contributed by atoms with Gasteiger partial charge >= 0.3 is 0 Å². The van der Waals surface area contributed by atoms with Gasteiger partial charge in [-0.25, -0.2) is 0 Å². The molecule has 88 valence electrons. The molecule has 0 saturated heterocycles. The predicted octanol–water partition coefficient (Wildman–Crippen LogP) is 0.0514. The van der Waals surface area contributed by atoms with Gasteiger partial charge in [0.2, 0.25) is 5.91 Å². The van der Waals surface area contributed by atoms with Crippen LogP contribution in [0.25, 0.3) is 0 Å². The van der Waals surface area contributed by atoms with Gasteiger partial charge in [0, 0.05) is 11.5 Å². The van der Waals surface area contributed by atoms with E-state index in [4.69, 9.17) is 16.6 Å². The van der Waals surface area contributed by atoms with Crippen molar-refractivity contribution in [2.75, 3.05) is 18.1 Å². The van der Waals surface area contributed by atoms with Gasteiger partial charge in [0.1, 0.15) is 5.54 Å². The summed E-state index contributed by atoms with van der Waals surface area (Å²) < 4.78 is 0. The SMILES string of the molecule is NC(=O)C(N)(CSCCO)c1ccccc1. The summed E-state index contributed by atoms with van der Waals surface area (Å²) in [5, 5.41) is 8.69. The van der Waals surface area contributed by atoms with Gasteiger partial charge in [-0.15, -0.1) is 0 Å². The molecule has 5 N–H and O–H groups in total. The van der Waals surface area contributed by atoms with Gasteiger partial charge in [-0.1, -0.05) is 30.3 Å². The highest BCUT2D eigenvalue weighted by Gasteiger charge is 2.33. The summed E-state index contributed by atoms with van der Waals surface area (Å²) in [4.78, 5) is 11.4. The minimum absolute atomic E-state index is 0.0638. The number of thioether (sulfide) groups is 1. The molecule has 1 atom stereocenters. The van der Waals surface area contributed by atoms with E-state index < -0.39 is 11.4 Å². The Labute approximate surface area is 99.0 Å². The standard InChI is InChI=1S/C11H16N2O2S/c12-10(15)11(13,8-16-7-6-14)9-4-2-1-3-5-9/h1-5,14H,6-8,13H2,(H2,12,15). The van der Waals surface area contributed by atoms with Crippen LogP contribution >= 0.6 is 11.8 Å². The van der Waals surface area contributed by atoms with Crippen LogP contribution in [0.5, 0.6) is 0 Å². The molecule has 1 aromatic rings. The lowest BCUT2D eigenvalue weighted by molar-refractivity contribution is -0.122. The third-order valence-corrected chi connectivity index (χ3v) is 3.42. The molecular weight excluding hydrogens is 224 g/mol. The summed E-state index contributed by atoms with van der Waals surface area (Å²) in [6, 6.07) is 9.05. The van der Waals surface area contributed by atoms with Gasteiger partial charge in [-0.05, 0) is 5.56 Å². The van der Waals surface area contributed by atoms with Crippen molar-refractivity contribution in [1.29, 1.82) is 0 Å². The molecule has 1 rings (SSSR count). The van der Waals surface area contributed by atoms with E-state index in [-0.39, 0.29) is 6.61 Å². The van der Waals surface area contributed by atoms with Crippen LogP contribution < -0.4 is 11.5 Å².